The number of hydrogen-bond donors (Lipinski definition) is 0. The van der Waals surface area contributed by atoms with Crippen LogP contribution in [-0.4, -0.2) is 26.0 Å². The fourth-order valence-corrected chi connectivity index (χ4v) is 3.30. The first-order valence-electron chi connectivity index (χ1n) is 8.06. The van der Waals surface area contributed by atoms with Crippen LogP contribution in [0.25, 0.3) is 0 Å². The van der Waals surface area contributed by atoms with E-state index in [4.69, 9.17) is 0 Å². The van der Waals surface area contributed by atoms with E-state index in [9.17, 15) is 4.39 Å². The molecule has 4 nitrogen and oxygen atoms in total. The Labute approximate surface area is 131 Å². The number of imidazole rings is 1. The number of rotatable bonds is 5. The van der Waals surface area contributed by atoms with Gasteiger partial charge >= 0.3 is 0 Å². The quantitative estimate of drug-likeness (QED) is 0.848. The number of alkyl halides is 1. The highest BCUT2D eigenvalue weighted by molar-refractivity contribution is 5.23. The molecule has 0 amide bonds. The summed E-state index contributed by atoms with van der Waals surface area (Å²) in [4.78, 5) is 11.4. The van der Waals surface area contributed by atoms with Gasteiger partial charge in [0.15, 0.2) is 6.80 Å². The van der Waals surface area contributed by atoms with Crippen molar-refractivity contribution < 1.29 is 4.39 Å². The number of halogens is 1. The molecular weight excluding hydrogens is 279 g/mol. The van der Waals surface area contributed by atoms with Gasteiger partial charge in [-0.05, 0) is 37.4 Å². The Hall–Kier alpha value is -1.75. The average Bonchev–Trinajstić information content (AvgIpc) is 3.03. The topological polar surface area (TPSA) is 34.0 Å². The van der Waals surface area contributed by atoms with E-state index >= 15 is 0 Å². The van der Waals surface area contributed by atoms with Crippen LogP contribution in [-0.2, 0) is 19.8 Å². The highest BCUT2D eigenvalue weighted by atomic mass is 19.1. The third kappa shape index (κ3) is 3.19. The average molecular weight is 302 g/mol. The van der Waals surface area contributed by atoms with Gasteiger partial charge in [-0.15, -0.1) is 0 Å². The van der Waals surface area contributed by atoms with Gasteiger partial charge in [0.25, 0.3) is 0 Å². The molecule has 1 saturated heterocycles. The first-order valence-corrected chi connectivity index (χ1v) is 8.06. The molecule has 1 atom stereocenters. The Balaban J connectivity index is 1.81. The summed E-state index contributed by atoms with van der Waals surface area (Å²) < 4.78 is 14.1. The summed E-state index contributed by atoms with van der Waals surface area (Å²) in [6, 6.07) is 4.53. The van der Waals surface area contributed by atoms with E-state index in [0.29, 0.717) is 6.04 Å². The number of aromatic nitrogens is 3. The van der Waals surface area contributed by atoms with Gasteiger partial charge in [0.2, 0.25) is 0 Å². The molecule has 3 rings (SSSR count). The second kappa shape index (κ2) is 7.01. The van der Waals surface area contributed by atoms with Crippen LogP contribution in [0.15, 0.2) is 30.9 Å². The zero-order valence-corrected chi connectivity index (χ0v) is 13.1. The van der Waals surface area contributed by atoms with E-state index in [2.05, 4.69) is 27.9 Å². The van der Waals surface area contributed by atoms with Crippen molar-refractivity contribution in [1.82, 2.24) is 19.4 Å². The largest absolute Gasteiger partial charge is 0.309 e. The van der Waals surface area contributed by atoms with Crippen LogP contribution in [0.2, 0.25) is 0 Å². The molecule has 0 saturated carbocycles. The van der Waals surface area contributed by atoms with Crippen molar-refractivity contribution in [3.8, 4) is 0 Å². The second-order valence-corrected chi connectivity index (χ2v) is 5.88. The summed E-state index contributed by atoms with van der Waals surface area (Å²) in [5.41, 5.74) is 3.46. The number of aryl methyl sites for hydroxylation is 1. The third-order valence-corrected chi connectivity index (χ3v) is 4.43. The van der Waals surface area contributed by atoms with Crippen LogP contribution < -0.4 is 0 Å². The van der Waals surface area contributed by atoms with Crippen molar-refractivity contribution in [2.45, 2.75) is 52.0 Å². The first kappa shape index (κ1) is 15.2. The zero-order chi connectivity index (χ0) is 15.4. The lowest BCUT2D eigenvalue weighted by molar-refractivity contribution is 0.135. The molecule has 0 aromatic carbocycles. The number of pyridine rings is 1. The van der Waals surface area contributed by atoms with Crippen molar-refractivity contribution in [3.63, 3.8) is 0 Å². The maximum Gasteiger partial charge on any atom is 0.166 e. The predicted molar refractivity (Wildman–Crippen MR) is 84.0 cm³/mol. The SMILES string of the molecule is CCc1cccnc1[C@H]1CCCCN1Cc1cn(CF)cn1. The van der Waals surface area contributed by atoms with Gasteiger partial charge in [0.1, 0.15) is 0 Å². The molecule has 1 aliphatic heterocycles. The minimum absolute atomic E-state index is 0.348. The molecule has 3 heterocycles. The Bertz CT molecular complexity index is 610. The molecule has 1 aliphatic rings. The van der Waals surface area contributed by atoms with Crippen molar-refractivity contribution in [1.29, 1.82) is 0 Å². The molecule has 0 spiro atoms. The number of likely N-dealkylation sites (tertiary alicyclic amines) is 1. The maximum absolute atomic E-state index is 12.7. The van der Waals surface area contributed by atoms with Gasteiger partial charge in [0.05, 0.1) is 23.8 Å². The summed E-state index contributed by atoms with van der Waals surface area (Å²) in [7, 11) is 0. The van der Waals surface area contributed by atoms with E-state index in [1.165, 1.54) is 28.7 Å². The fourth-order valence-electron chi connectivity index (χ4n) is 3.30. The maximum atomic E-state index is 12.7. The number of piperidine rings is 1. The molecule has 118 valence electrons. The Kier molecular flexibility index (Phi) is 4.83. The van der Waals surface area contributed by atoms with Crippen LogP contribution in [0.3, 0.4) is 0 Å². The van der Waals surface area contributed by atoms with Crippen molar-refractivity contribution >= 4 is 0 Å². The van der Waals surface area contributed by atoms with Gasteiger partial charge in [0, 0.05) is 18.9 Å². The van der Waals surface area contributed by atoms with Crippen molar-refractivity contribution in [2.75, 3.05) is 6.54 Å². The normalized spacial score (nSPS) is 19.5. The van der Waals surface area contributed by atoms with Crippen LogP contribution in [0.5, 0.6) is 0 Å². The fraction of sp³-hybridized carbons (Fsp3) is 0.529. The van der Waals surface area contributed by atoms with Crippen molar-refractivity contribution in [3.05, 3.63) is 47.8 Å². The molecule has 0 bridgehead atoms. The van der Waals surface area contributed by atoms with E-state index in [-0.39, 0.29) is 0 Å². The van der Waals surface area contributed by atoms with Gasteiger partial charge in [-0.3, -0.25) is 9.88 Å². The molecular formula is C17H23FN4. The van der Waals surface area contributed by atoms with E-state index < -0.39 is 6.80 Å². The minimum Gasteiger partial charge on any atom is -0.309 e. The van der Waals surface area contributed by atoms with Gasteiger partial charge < -0.3 is 4.57 Å². The molecule has 1 fully saturated rings. The Morgan fingerprint density at radius 1 is 1.32 bits per heavy atom. The number of nitrogens with zero attached hydrogens (tertiary/aromatic N) is 4. The van der Waals surface area contributed by atoms with Crippen LogP contribution in [0.4, 0.5) is 4.39 Å². The molecule has 2 aromatic rings. The van der Waals surface area contributed by atoms with Gasteiger partial charge in [-0.25, -0.2) is 9.37 Å². The van der Waals surface area contributed by atoms with Gasteiger partial charge in [-0.2, -0.15) is 0 Å². The summed E-state index contributed by atoms with van der Waals surface area (Å²) >= 11 is 0. The van der Waals surface area contributed by atoms with Gasteiger partial charge in [-0.1, -0.05) is 19.4 Å². The Morgan fingerprint density at radius 2 is 2.23 bits per heavy atom. The molecule has 22 heavy (non-hydrogen) atoms. The standard InChI is InChI=1S/C17H23FN4/c1-2-14-6-5-8-19-17(14)16-7-3-4-9-22(16)11-15-10-21(12-18)13-20-15/h5-6,8,10,13,16H,2-4,7,9,11-12H2,1H3/t16-/m1/s1. The molecule has 0 aliphatic carbocycles. The third-order valence-electron chi connectivity index (χ3n) is 4.43. The predicted octanol–water partition coefficient (Wildman–Crippen LogP) is 3.49. The lowest BCUT2D eigenvalue weighted by Crippen LogP contribution is -2.34. The summed E-state index contributed by atoms with van der Waals surface area (Å²) in [6.45, 7) is 3.47. The van der Waals surface area contributed by atoms with Crippen molar-refractivity contribution in [2.24, 2.45) is 0 Å². The van der Waals surface area contributed by atoms with Crippen LogP contribution >= 0.6 is 0 Å². The molecule has 0 N–H and O–H groups in total. The Morgan fingerprint density at radius 3 is 3.00 bits per heavy atom. The first-order chi connectivity index (χ1) is 10.8. The molecule has 0 unspecified atom stereocenters. The highest BCUT2D eigenvalue weighted by Crippen LogP contribution is 2.32. The highest BCUT2D eigenvalue weighted by Gasteiger charge is 2.27. The van der Waals surface area contributed by atoms with E-state index in [0.717, 1.165) is 31.6 Å². The lowest BCUT2D eigenvalue weighted by Gasteiger charge is -2.35. The molecule has 5 heteroatoms. The second-order valence-electron chi connectivity index (χ2n) is 5.88. The molecule has 0 radical (unpaired) electrons. The van der Waals surface area contributed by atoms with E-state index in [1.807, 2.05) is 12.3 Å². The lowest BCUT2D eigenvalue weighted by atomic mass is 9.95. The minimum atomic E-state index is -0.517. The van der Waals surface area contributed by atoms with E-state index in [1.54, 1.807) is 12.5 Å². The summed E-state index contributed by atoms with van der Waals surface area (Å²) in [6.07, 6.45) is 9.82. The number of hydrogen-bond acceptors (Lipinski definition) is 3. The van der Waals surface area contributed by atoms with Crippen LogP contribution in [0, 0.1) is 0 Å². The summed E-state index contributed by atoms with van der Waals surface area (Å²) in [5.74, 6) is 0. The summed E-state index contributed by atoms with van der Waals surface area (Å²) in [5, 5.41) is 0. The zero-order valence-electron chi connectivity index (χ0n) is 13.1. The smallest absolute Gasteiger partial charge is 0.166 e. The van der Waals surface area contributed by atoms with Crippen LogP contribution in [0.1, 0.15) is 49.2 Å². The monoisotopic (exact) mass is 302 g/mol. The molecule has 2 aromatic heterocycles.